The molecular formula is C7H7N5O4. The van der Waals surface area contributed by atoms with Crippen LogP contribution < -0.4 is 5.73 Å². The Morgan fingerprint density at radius 2 is 2.25 bits per heavy atom. The zero-order valence-corrected chi connectivity index (χ0v) is 8.21. The summed E-state index contributed by atoms with van der Waals surface area (Å²) >= 11 is 0. The molecule has 0 saturated heterocycles. The molecule has 0 atom stereocenters. The molecule has 0 amide bonds. The van der Waals surface area contributed by atoms with E-state index in [0.717, 1.165) is 0 Å². The summed E-state index contributed by atoms with van der Waals surface area (Å²) in [6.45, 7) is 0. The lowest BCUT2D eigenvalue weighted by atomic mass is 10.4. The number of hydrogen-bond acceptors (Lipinski definition) is 9. The first kappa shape index (κ1) is 10.1. The maximum Gasteiger partial charge on any atom is 0.315 e. The molecule has 0 fully saturated rings. The van der Waals surface area contributed by atoms with Gasteiger partial charge in [-0.25, -0.2) is 4.63 Å². The molecular weight excluding hydrogens is 218 g/mol. The predicted molar refractivity (Wildman–Crippen MR) is 47.7 cm³/mol. The molecule has 2 N–H and O–H groups in total. The van der Waals surface area contributed by atoms with Crippen LogP contribution in [0.2, 0.25) is 0 Å². The van der Waals surface area contributed by atoms with Crippen molar-refractivity contribution >= 4 is 11.8 Å². The zero-order chi connectivity index (χ0) is 11.5. The van der Waals surface area contributed by atoms with E-state index in [1.807, 2.05) is 0 Å². The summed E-state index contributed by atoms with van der Waals surface area (Å²) in [5.41, 5.74) is 5.60. The van der Waals surface area contributed by atoms with Gasteiger partial charge in [0.05, 0.1) is 7.11 Å². The highest BCUT2D eigenvalue weighted by molar-refractivity contribution is 5.71. The van der Waals surface area contributed by atoms with Crippen molar-refractivity contribution in [2.75, 3.05) is 12.8 Å². The van der Waals surface area contributed by atoms with Gasteiger partial charge in [0.25, 0.3) is 0 Å². The molecule has 0 aromatic carbocycles. The molecule has 0 aliphatic carbocycles. The number of ether oxygens (including phenoxy) is 1. The van der Waals surface area contributed by atoms with Crippen LogP contribution in [0.1, 0.15) is 5.89 Å². The number of nitrogens with zero attached hydrogens (tertiary/aromatic N) is 4. The first-order valence-electron chi connectivity index (χ1n) is 4.18. The van der Waals surface area contributed by atoms with Gasteiger partial charge in [0.1, 0.15) is 6.42 Å². The molecule has 2 aromatic heterocycles. The molecule has 0 spiro atoms. The SMILES string of the molecule is COC(=O)Cc1nc(-c2nonc2N)no1. The summed E-state index contributed by atoms with van der Waals surface area (Å²) in [6.07, 6.45) is -0.116. The molecule has 2 heterocycles. The van der Waals surface area contributed by atoms with Gasteiger partial charge in [-0.1, -0.05) is 5.16 Å². The summed E-state index contributed by atoms with van der Waals surface area (Å²) < 4.78 is 13.6. The largest absolute Gasteiger partial charge is 0.469 e. The number of rotatable bonds is 3. The van der Waals surface area contributed by atoms with Crippen molar-refractivity contribution in [1.29, 1.82) is 0 Å². The fraction of sp³-hybridized carbons (Fsp3) is 0.286. The number of anilines is 1. The predicted octanol–water partition coefficient (Wildman–Crippen LogP) is -0.583. The van der Waals surface area contributed by atoms with Gasteiger partial charge in [-0.2, -0.15) is 4.98 Å². The minimum absolute atomic E-state index is 0.0467. The van der Waals surface area contributed by atoms with Gasteiger partial charge >= 0.3 is 5.97 Å². The van der Waals surface area contributed by atoms with Gasteiger partial charge in [0, 0.05) is 0 Å². The Morgan fingerprint density at radius 1 is 1.44 bits per heavy atom. The van der Waals surface area contributed by atoms with E-state index in [1.165, 1.54) is 7.11 Å². The van der Waals surface area contributed by atoms with Crippen LogP contribution in [-0.2, 0) is 16.0 Å². The Bertz CT molecular complexity index is 504. The minimum atomic E-state index is -0.485. The van der Waals surface area contributed by atoms with E-state index in [4.69, 9.17) is 10.3 Å². The second-order valence-corrected chi connectivity index (χ2v) is 2.76. The zero-order valence-electron chi connectivity index (χ0n) is 8.21. The lowest BCUT2D eigenvalue weighted by molar-refractivity contribution is -0.140. The van der Waals surface area contributed by atoms with Crippen molar-refractivity contribution in [2.45, 2.75) is 6.42 Å². The van der Waals surface area contributed by atoms with Crippen LogP contribution in [0.25, 0.3) is 11.5 Å². The molecule has 0 unspecified atom stereocenters. The molecule has 16 heavy (non-hydrogen) atoms. The van der Waals surface area contributed by atoms with Crippen LogP contribution >= 0.6 is 0 Å². The van der Waals surface area contributed by atoms with Crippen molar-refractivity contribution in [3.63, 3.8) is 0 Å². The Morgan fingerprint density at radius 3 is 2.88 bits per heavy atom. The van der Waals surface area contributed by atoms with Crippen LogP contribution in [-0.4, -0.2) is 33.5 Å². The average Bonchev–Trinajstić information content (AvgIpc) is 2.86. The number of carbonyl (C=O) groups excluding carboxylic acids is 1. The number of nitrogens with two attached hydrogens (primary N) is 1. The van der Waals surface area contributed by atoms with Crippen molar-refractivity contribution in [1.82, 2.24) is 20.5 Å². The summed E-state index contributed by atoms with van der Waals surface area (Å²) in [7, 11) is 1.26. The maximum atomic E-state index is 10.9. The van der Waals surface area contributed by atoms with Crippen LogP contribution in [0.5, 0.6) is 0 Å². The first-order valence-corrected chi connectivity index (χ1v) is 4.18. The molecule has 0 saturated carbocycles. The van der Waals surface area contributed by atoms with Crippen LogP contribution in [0.4, 0.5) is 5.82 Å². The molecule has 0 aliphatic rings. The van der Waals surface area contributed by atoms with Crippen molar-refractivity contribution in [3.8, 4) is 11.5 Å². The third kappa shape index (κ3) is 1.82. The number of aromatic nitrogens is 4. The van der Waals surface area contributed by atoms with E-state index < -0.39 is 5.97 Å². The number of methoxy groups -OCH3 is 1. The molecule has 0 aliphatic heterocycles. The smallest absolute Gasteiger partial charge is 0.315 e. The number of hydrogen-bond donors (Lipinski definition) is 1. The van der Waals surface area contributed by atoms with Gasteiger partial charge in [-0.15, -0.1) is 0 Å². The third-order valence-electron chi connectivity index (χ3n) is 1.72. The summed E-state index contributed by atoms with van der Waals surface area (Å²) in [5, 5.41) is 10.4. The molecule has 2 rings (SSSR count). The Kier molecular flexibility index (Phi) is 2.50. The fourth-order valence-electron chi connectivity index (χ4n) is 0.969. The minimum Gasteiger partial charge on any atom is -0.469 e. The molecule has 9 nitrogen and oxygen atoms in total. The summed E-state index contributed by atoms with van der Waals surface area (Å²) in [6, 6.07) is 0. The summed E-state index contributed by atoms with van der Waals surface area (Å²) in [5.74, 6) is -0.228. The Balaban J connectivity index is 2.20. The number of esters is 1. The number of carbonyl (C=O) groups is 1. The van der Waals surface area contributed by atoms with Crippen LogP contribution in [0, 0.1) is 0 Å². The van der Waals surface area contributed by atoms with Gasteiger partial charge in [-0.05, 0) is 10.3 Å². The van der Waals surface area contributed by atoms with E-state index in [1.54, 1.807) is 0 Å². The van der Waals surface area contributed by atoms with Crippen molar-refractivity contribution in [2.24, 2.45) is 0 Å². The Hall–Kier alpha value is -2.45. The van der Waals surface area contributed by atoms with E-state index in [-0.39, 0.29) is 29.6 Å². The van der Waals surface area contributed by atoms with Crippen molar-refractivity contribution in [3.05, 3.63) is 5.89 Å². The second kappa shape index (κ2) is 3.96. The van der Waals surface area contributed by atoms with Gasteiger partial charge in [0.2, 0.25) is 11.7 Å². The molecule has 0 radical (unpaired) electrons. The van der Waals surface area contributed by atoms with Crippen LogP contribution in [0.3, 0.4) is 0 Å². The quantitative estimate of drug-likeness (QED) is 0.681. The lowest BCUT2D eigenvalue weighted by Crippen LogP contribution is -2.04. The van der Waals surface area contributed by atoms with E-state index in [2.05, 4.69) is 29.8 Å². The van der Waals surface area contributed by atoms with E-state index in [0.29, 0.717) is 0 Å². The van der Waals surface area contributed by atoms with Gasteiger partial charge in [-0.3, -0.25) is 4.79 Å². The first-order chi connectivity index (χ1) is 7.70. The highest BCUT2D eigenvalue weighted by atomic mass is 16.6. The standard InChI is InChI=1S/C7H7N5O4/c1-14-4(13)2-3-9-7(12-15-3)5-6(8)11-16-10-5/h2H2,1H3,(H2,8,11). The van der Waals surface area contributed by atoms with Gasteiger partial charge in [0.15, 0.2) is 11.5 Å². The lowest BCUT2D eigenvalue weighted by Gasteiger charge is -1.91. The highest BCUT2D eigenvalue weighted by Gasteiger charge is 2.17. The van der Waals surface area contributed by atoms with Gasteiger partial charge < -0.3 is 15.0 Å². The van der Waals surface area contributed by atoms with Crippen molar-refractivity contribution < 1.29 is 18.7 Å². The summed E-state index contributed by atoms with van der Waals surface area (Å²) in [4.78, 5) is 14.8. The molecule has 0 bridgehead atoms. The molecule has 2 aromatic rings. The van der Waals surface area contributed by atoms with Crippen LogP contribution in [0.15, 0.2) is 9.15 Å². The van der Waals surface area contributed by atoms with E-state index in [9.17, 15) is 4.79 Å². The average molecular weight is 225 g/mol. The fourth-order valence-corrected chi connectivity index (χ4v) is 0.969. The monoisotopic (exact) mass is 225 g/mol. The third-order valence-corrected chi connectivity index (χ3v) is 1.72. The van der Waals surface area contributed by atoms with E-state index >= 15 is 0 Å². The maximum absolute atomic E-state index is 10.9. The highest BCUT2D eigenvalue weighted by Crippen LogP contribution is 2.18. The molecule has 9 heteroatoms. The topological polar surface area (TPSA) is 130 Å². The normalized spacial score (nSPS) is 10.3. The molecule has 84 valence electrons. The Labute approximate surface area is 88.5 Å². The number of nitrogen functional groups attached to an aromatic ring is 1. The second-order valence-electron chi connectivity index (χ2n) is 2.76.